The first-order chi connectivity index (χ1) is 18.6. The number of hydrogen-bond donors (Lipinski definition) is 0. The molecule has 0 aliphatic heterocycles. The Labute approximate surface area is 244 Å². The van der Waals surface area contributed by atoms with Gasteiger partial charge in [-0.1, -0.05) is 194 Å². The van der Waals surface area contributed by atoms with E-state index in [1.807, 2.05) is 0 Å². The van der Waals surface area contributed by atoms with E-state index in [1.165, 1.54) is 180 Å². The summed E-state index contributed by atoms with van der Waals surface area (Å²) >= 11 is 0. The van der Waals surface area contributed by atoms with E-state index in [0.29, 0.717) is 0 Å². The Morgan fingerprint density at radius 2 is 0.789 bits per heavy atom. The van der Waals surface area contributed by atoms with Crippen molar-refractivity contribution in [3.63, 3.8) is 0 Å². The minimum Gasteiger partial charge on any atom is -0.0885 e. The van der Waals surface area contributed by atoms with Crippen molar-refractivity contribution < 1.29 is 0 Å². The van der Waals surface area contributed by atoms with E-state index in [0.717, 1.165) is 17.8 Å². The molecule has 0 bridgehead atoms. The van der Waals surface area contributed by atoms with E-state index >= 15 is 0 Å². The van der Waals surface area contributed by atoms with Crippen LogP contribution >= 0.6 is 0 Å². The van der Waals surface area contributed by atoms with Gasteiger partial charge in [-0.15, -0.1) is 0 Å². The standard InChI is InChI=1S/C38H76/c1-6-9-11-12-13-22-25-28-31-36(4)32-29-26-23-20-18-16-14-15-17-19-21-24-27-30-33-37(5)35-38(8-3)34-10-7-2/h15,17,36-38H,6-14,16,18-35H2,1-5H3/b17-15-. The highest BCUT2D eigenvalue weighted by Crippen LogP contribution is 2.25. The van der Waals surface area contributed by atoms with Crippen molar-refractivity contribution in [3.8, 4) is 0 Å². The molecule has 0 fully saturated rings. The average Bonchev–Trinajstić information content (AvgIpc) is 2.92. The molecule has 0 aromatic carbocycles. The highest BCUT2D eigenvalue weighted by atomic mass is 14.2. The van der Waals surface area contributed by atoms with E-state index in [4.69, 9.17) is 0 Å². The van der Waals surface area contributed by atoms with Gasteiger partial charge in [-0.25, -0.2) is 0 Å². The summed E-state index contributed by atoms with van der Waals surface area (Å²) in [7, 11) is 0. The van der Waals surface area contributed by atoms with Gasteiger partial charge in [-0.2, -0.15) is 0 Å². The summed E-state index contributed by atoms with van der Waals surface area (Å²) in [6, 6.07) is 0. The highest BCUT2D eigenvalue weighted by molar-refractivity contribution is 4.81. The molecular formula is C38H76. The molecule has 0 rings (SSSR count). The molecule has 0 heterocycles. The molecule has 3 atom stereocenters. The number of rotatable bonds is 31. The van der Waals surface area contributed by atoms with Crippen molar-refractivity contribution >= 4 is 0 Å². The lowest BCUT2D eigenvalue weighted by molar-refractivity contribution is 0.333. The van der Waals surface area contributed by atoms with E-state index in [2.05, 4.69) is 46.8 Å². The van der Waals surface area contributed by atoms with Crippen molar-refractivity contribution in [2.24, 2.45) is 17.8 Å². The average molecular weight is 533 g/mol. The zero-order valence-corrected chi connectivity index (χ0v) is 27.7. The summed E-state index contributed by atoms with van der Waals surface area (Å²) in [4.78, 5) is 0. The molecule has 0 amide bonds. The van der Waals surface area contributed by atoms with Gasteiger partial charge in [0.05, 0.1) is 0 Å². The summed E-state index contributed by atoms with van der Waals surface area (Å²) < 4.78 is 0. The van der Waals surface area contributed by atoms with Crippen LogP contribution in [0.2, 0.25) is 0 Å². The third-order valence-electron chi connectivity index (χ3n) is 9.13. The van der Waals surface area contributed by atoms with Crippen LogP contribution in [0.3, 0.4) is 0 Å². The molecule has 0 heteroatoms. The number of hydrogen-bond acceptors (Lipinski definition) is 0. The lowest BCUT2D eigenvalue weighted by Gasteiger charge is -2.19. The molecule has 0 aromatic rings. The maximum absolute atomic E-state index is 2.50. The molecule has 0 spiro atoms. The van der Waals surface area contributed by atoms with Crippen LogP contribution in [0.4, 0.5) is 0 Å². The van der Waals surface area contributed by atoms with Gasteiger partial charge in [-0.05, 0) is 49.9 Å². The van der Waals surface area contributed by atoms with Crippen LogP contribution in [0.5, 0.6) is 0 Å². The second kappa shape index (κ2) is 31.3. The van der Waals surface area contributed by atoms with Gasteiger partial charge in [0.1, 0.15) is 0 Å². The molecule has 0 aliphatic rings. The zero-order chi connectivity index (χ0) is 27.9. The smallest absolute Gasteiger partial charge is 0.0351 e. The molecule has 228 valence electrons. The highest BCUT2D eigenvalue weighted by Gasteiger charge is 2.11. The fourth-order valence-corrected chi connectivity index (χ4v) is 6.25. The van der Waals surface area contributed by atoms with Gasteiger partial charge < -0.3 is 0 Å². The van der Waals surface area contributed by atoms with Gasteiger partial charge in [0.25, 0.3) is 0 Å². The number of unbranched alkanes of at least 4 members (excludes halogenated alkanes) is 18. The topological polar surface area (TPSA) is 0 Å². The third-order valence-corrected chi connectivity index (χ3v) is 9.13. The van der Waals surface area contributed by atoms with Gasteiger partial charge >= 0.3 is 0 Å². The van der Waals surface area contributed by atoms with Crippen molar-refractivity contribution in [1.82, 2.24) is 0 Å². The van der Waals surface area contributed by atoms with Crippen LogP contribution in [0, 0.1) is 17.8 Å². The summed E-state index contributed by atoms with van der Waals surface area (Å²) in [5, 5.41) is 0. The molecule has 0 radical (unpaired) electrons. The molecule has 0 saturated carbocycles. The van der Waals surface area contributed by atoms with Gasteiger partial charge in [-0.3, -0.25) is 0 Å². The lowest BCUT2D eigenvalue weighted by atomic mass is 9.87. The lowest BCUT2D eigenvalue weighted by Crippen LogP contribution is -2.06. The maximum atomic E-state index is 2.50. The first-order valence-corrected chi connectivity index (χ1v) is 18.3. The summed E-state index contributed by atoms with van der Waals surface area (Å²) in [6.07, 6.45) is 45.1. The maximum Gasteiger partial charge on any atom is -0.0351 e. The molecule has 0 aliphatic carbocycles. The largest absolute Gasteiger partial charge is 0.0885 e. The van der Waals surface area contributed by atoms with Crippen LogP contribution < -0.4 is 0 Å². The Hall–Kier alpha value is -0.260. The predicted molar refractivity (Wildman–Crippen MR) is 177 cm³/mol. The molecular weight excluding hydrogens is 456 g/mol. The van der Waals surface area contributed by atoms with E-state index in [-0.39, 0.29) is 0 Å². The Balaban J connectivity index is 3.34. The summed E-state index contributed by atoms with van der Waals surface area (Å²) in [5.74, 6) is 2.88. The number of allylic oxidation sites excluding steroid dienone is 2. The Morgan fingerprint density at radius 1 is 0.395 bits per heavy atom. The first-order valence-electron chi connectivity index (χ1n) is 18.3. The van der Waals surface area contributed by atoms with Crippen molar-refractivity contribution in [2.75, 3.05) is 0 Å². The second-order valence-corrected chi connectivity index (χ2v) is 13.3. The second-order valence-electron chi connectivity index (χ2n) is 13.3. The fraction of sp³-hybridized carbons (Fsp3) is 0.947. The summed E-state index contributed by atoms with van der Waals surface area (Å²) in [6.45, 7) is 12.0. The zero-order valence-electron chi connectivity index (χ0n) is 27.7. The van der Waals surface area contributed by atoms with E-state index in [9.17, 15) is 0 Å². The fourth-order valence-electron chi connectivity index (χ4n) is 6.25. The van der Waals surface area contributed by atoms with Crippen molar-refractivity contribution in [3.05, 3.63) is 12.2 Å². The normalized spacial score (nSPS) is 14.3. The quantitative estimate of drug-likeness (QED) is 0.0615. The SMILES string of the molecule is CCCCCCCCCCC(C)CCCCCCCC/C=C\CCCCCCC(C)CC(CC)CCCC. The Bertz CT molecular complexity index is 449. The van der Waals surface area contributed by atoms with Gasteiger partial charge in [0.2, 0.25) is 0 Å². The minimum absolute atomic E-state index is 0.935. The Kier molecular flexibility index (Phi) is 31.1. The van der Waals surface area contributed by atoms with Crippen LogP contribution in [-0.2, 0) is 0 Å². The van der Waals surface area contributed by atoms with E-state index < -0.39 is 0 Å². The van der Waals surface area contributed by atoms with E-state index in [1.54, 1.807) is 0 Å². The van der Waals surface area contributed by atoms with Crippen LogP contribution in [0.1, 0.15) is 214 Å². The third kappa shape index (κ3) is 28.7. The monoisotopic (exact) mass is 533 g/mol. The van der Waals surface area contributed by atoms with Crippen LogP contribution in [-0.4, -0.2) is 0 Å². The predicted octanol–water partition coefficient (Wildman–Crippen LogP) is 14.4. The van der Waals surface area contributed by atoms with Crippen LogP contribution in [0.25, 0.3) is 0 Å². The molecule has 3 unspecified atom stereocenters. The van der Waals surface area contributed by atoms with Gasteiger partial charge in [0.15, 0.2) is 0 Å². The molecule has 0 nitrogen and oxygen atoms in total. The van der Waals surface area contributed by atoms with Crippen LogP contribution in [0.15, 0.2) is 12.2 Å². The molecule has 0 aromatic heterocycles. The Morgan fingerprint density at radius 3 is 1.24 bits per heavy atom. The van der Waals surface area contributed by atoms with Crippen molar-refractivity contribution in [1.29, 1.82) is 0 Å². The summed E-state index contributed by atoms with van der Waals surface area (Å²) in [5.41, 5.74) is 0. The van der Waals surface area contributed by atoms with Gasteiger partial charge in [0, 0.05) is 0 Å². The minimum atomic E-state index is 0.935. The first kappa shape index (κ1) is 37.7. The molecule has 0 N–H and O–H groups in total. The molecule has 0 saturated heterocycles. The van der Waals surface area contributed by atoms with Crippen molar-refractivity contribution in [2.45, 2.75) is 214 Å². The molecule has 38 heavy (non-hydrogen) atoms.